The molecule has 1 fully saturated rings. The first-order chi connectivity index (χ1) is 8.61. The molecule has 4 nitrogen and oxygen atoms in total. The smallest absolute Gasteiger partial charge is 0.220 e. The first-order valence-corrected chi connectivity index (χ1v) is 6.09. The zero-order valence-electron chi connectivity index (χ0n) is 10.7. The molecule has 0 aromatic heterocycles. The Bertz CT molecular complexity index is 449. The summed E-state index contributed by atoms with van der Waals surface area (Å²) in [6.45, 7) is 1.97. The van der Waals surface area contributed by atoms with Crippen LogP contribution in [0.2, 0.25) is 0 Å². The molecule has 0 spiro atoms. The second-order valence-corrected chi connectivity index (χ2v) is 4.57. The Morgan fingerprint density at radius 2 is 1.83 bits per heavy atom. The Kier molecular flexibility index (Phi) is 3.77. The zero-order valence-corrected chi connectivity index (χ0v) is 10.7. The van der Waals surface area contributed by atoms with E-state index in [9.17, 15) is 0 Å². The number of nitrogens with one attached hydrogen (secondary N) is 2. The number of ether oxygens (including phenoxy) is 2. The van der Waals surface area contributed by atoms with Gasteiger partial charge in [0, 0.05) is 18.6 Å². The monoisotopic (exact) mass is 246 g/mol. The van der Waals surface area contributed by atoms with Crippen LogP contribution in [-0.4, -0.2) is 18.9 Å². The number of benzene rings is 1. The molecule has 1 unspecified atom stereocenters. The molecule has 0 bridgehead atoms. The summed E-state index contributed by atoms with van der Waals surface area (Å²) < 4.78 is 10.4. The minimum Gasteiger partial charge on any atom is -0.425 e. The largest absolute Gasteiger partial charge is 0.425 e. The molecule has 0 aliphatic heterocycles. The van der Waals surface area contributed by atoms with Crippen molar-refractivity contribution >= 4 is 11.8 Å². The Balaban J connectivity index is 1.99. The fourth-order valence-corrected chi connectivity index (χ4v) is 1.64. The summed E-state index contributed by atoms with van der Waals surface area (Å²) >= 11 is 0. The van der Waals surface area contributed by atoms with Crippen LogP contribution in [-0.2, 0) is 9.47 Å². The van der Waals surface area contributed by atoms with Crippen LogP contribution < -0.4 is 0 Å². The lowest BCUT2D eigenvalue weighted by Crippen LogP contribution is -2.13. The molecule has 0 radical (unpaired) electrons. The molecule has 1 aliphatic carbocycles. The van der Waals surface area contributed by atoms with E-state index in [-0.39, 0.29) is 23.8 Å². The lowest BCUT2D eigenvalue weighted by atomic mass is 10.1. The number of hydrogen-bond acceptors (Lipinski definition) is 4. The minimum absolute atomic E-state index is 0.0407. The summed E-state index contributed by atoms with van der Waals surface area (Å²) in [4.78, 5) is 0. The lowest BCUT2D eigenvalue weighted by Gasteiger charge is -2.11. The molecule has 2 N–H and O–H groups in total. The van der Waals surface area contributed by atoms with E-state index in [1.165, 1.54) is 0 Å². The number of hydrogen-bond donors (Lipinski definition) is 2. The third-order valence-corrected chi connectivity index (χ3v) is 3.16. The van der Waals surface area contributed by atoms with Crippen LogP contribution in [0.15, 0.2) is 24.3 Å². The van der Waals surface area contributed by atoms with Crippen molar-refractivity contribution in [2.24, 2.45) is 5.92 Å². The molecule has 96 valence electrons. The summed E-state index contributed by atoms with van der Waals surface area (Å²) in [5.41, 5.74) is 1.75. The van der Waals surface area contributed by atoms with Gasteiger partial charge in [0.25, 0.3) is 0 Å². The van der Waals surface area contributed by atoms with Crippen molar-refractivity contribution in [1.29, 1.82) is 10.8 Å². The van der Waals surface area contributed by atoms with Crippen molar-refractivity contribution < 1.29 is 9.47 Å². The molecule has 1 atom stereocenters. The van der Waals surface area contributed by atoms with E-state index in [4.69, 9.17) is 20.3 Å². The third-order valence-electron chi connectivity index (χ3n) is 3.16. The van der Waals surface area contributed by atoms with Gasteiger partial charge in [-0.25, -0.2) is 0 Å². The molecule has 0 amide bonds. The van der Waals surface area contributed by atoms with Crippen molar-refractivity contribution in [3.63, 3.8) is 0 Å². The van der Waals surface area contributed by atoms with Crippen molar-refractivity contribution in [2.75, 3.05) is 7.11 Å². The van der Waals surface area contributed by atoms with Gasteiger partial charge >= 0.3 is 0 Å². The van der Waals surface area contributed by atoms with Crippen LogP contribution >= 0.6 is 0 Å². The van der Waals surface area contributed by atoms with Gasteiger partial charge in [0.05, 0.1) is 6.10 Å². The molecular weight excluding hydrogens is 228 g/mol. The molecule has 0 heterocycles. The fraction of sp³-hybridized carbons (Fsp3) is 0.429. The summed E-state index contributed by atoms with van der Waals surface area (Å²) in [7, 11) is 1.67. The first-order valence-electron chi connectivity index (χ1n) is 6.09. The van der Waals surface area contributed by atoms with Crippen molar-refractivity contribution in [3.05, 3.63) is 35.4 Å². The summed E-state index contributed by atoms with van der Waals surface area (Å²) in [5.74, 6) is 0.496. The number of methoxy groups -OCH3 is 1. The van der Waals surface area contributed by atoms with Crippen LogP contribution in [0.3, 0.4) is 0 Å². The summed E-state index contributed by atoms with van der Waals surface area (Å²) in [6.07, 6.45) is 2.06. The first kappa shape index (κ1) is 12.8. The maximum atomic E-state index is 7.81. The van der Waals surface area contributed by atoms with Crippen LogP contribution in [0.1, 0.15) is 37.0 Å². The molecule has 1 aliphatic rings. The molecule has 1 aromatic carbocycles. The van der Waals surface area contributed by atoms with Crippen molar-refractivity contribution in [3.8, 4) is 0 Å². The van der Waals surface area contributed by atoms with E-state index in [1.54, 1.807) is 7.11 Å². The lowest BCUT2D eigenvalue weighted by molar-refractivity contribution is 0.119. The highest BCUT2D eigenvalue weighted by Gasteiger charge is 2.29. The predicted octanol–water partition coefficient (Wildman–Crippen LogP) is 3.12. The van der Waals surface area contributed by atoms with Gasteiger partial charge in [-0.1, -0.05) is 12.1 Å². The maximum absolute atomic E-state index is 7.81. The third kappa shape index (κ3) is 2.96. The highest BCUT2D eigenvalue weighted by Crippen LogP contribution is 2.30. The highest BCUT2D eigenvalue weighted by molar-refractivity contribution is 6.00. The average molecular weight is 246 g/mol. The predicted molar refractivity (Wildman–Crippen MR) is 70.2 cm³/mol. The van der Waals surface area contributed by atoms with Crippen molar-refractivity contribution in [1.82, 2.24) is 0 Å². The van der Waals surface area contributed by atoms with Crippen LogP contribution in [0.25, 0.3) is 0 Å². The van der Waals surface area contributed by atoms with Gasteiger partial charge in [-0.05, 0) is 37.5 Å². The standard InChI is InChI=1S/C14H18N2O2/c1-9(17-2)10-3-5-11(6-4-10)13(15)18-14(16)12-7-8-12/h3-6,9,12,15-16H,7-8H2,1-2H3. The van der Waals surface area contributed by atoms with E-state index in [0.717, 1.165) is 18.4 Å². The zero-order chi connectivity index (χ0) is 13.1. The Hall–Kier alpha value is -1.68. The van der Waals surface area contributed by atoms with E-state index < -0.39 is 0 Å². The Morgan fingerprint density at radius 1 is 1.22 bits per heavy atom. The molecule has 0 saturated heterocycles. The summed E-state index contributed by atoms with van der Waals surface area (Å²) in [5, 5.41) is 15.5. The van der Waals surface area contributed by atoms with E-state index in [0.29, 0.717) is 5.56 Å². The van der Waals surface area contributed by atoms with E-state index in [1.807, 2.05) is 31.2 Å². The molecule has 1 saturated carbocycles. The Morgan fingerprint density at radius 3 is 2.33 bits per heavy atom. The van der Waals surface area contributed by atoms with Gasteiger partial charge in [-0.15, -0.1) is 0 Å². The fourth-order valence-electron chi connectivity index (χ4n) is 1.64. The van der Waals surface area contributed by atoms with Crippen molar-refractivity contribution in [2.45, 2.75) is 25.9 Å². The SMILES string of the molecule is COC(C)c1ccc(C(=N)OC(=N)C2CC2)cc1. The topological polar surface area (TPSA) is 66.2 Å². The molecular formula is C14H18N2O2. The quantitative estimate of drug-likeness (QED) is 0.633. The summed E-state index contributed by atoms with van der Waals surface area (Å²) in [6, 6.07) is 7.49. The average Bonchev–Trinajstić information content (AvgIpc) is 3.22. The van der Waals surface area contributed by atoms with Gasteiger partial charge in [0.1, 0.15) is 0 Å². The van der Waals surface area contributed by atoms with Gasteiger partial charge in [-0.2, -0.15) is 0 Å². The van der Waals surface area contributed by atoms with Gasteiger partial charge in [0.2, 0.25) is 5.90 Å². The molecule has 1 aromatic rings. The van der Waals surface area contributed by atoms with Gasteiger partial charge in [0.15, 0.2) is 5.90 Å². The maximum Gasteiger partial charge on any atom is 0.220 e. The molecule has 4 heteroatoms. The normalized spacial score (nSPS) is 16.1. The highest BCUT2D eigenvalue weighted by atomic mass is 16.5. The van der Waals surface area contributed by atoms with Crippen LogP contribution in [0.5, 0.6) is 0 Å². The minimum atomic E-state index is 0.0407. The number of rotatable bonds is 4. The van der Waals surface area contributed by atoms with Crippen LogP contribution in [0, 0.1) is 16.7 Å². The second-order valence-electron chi connectivity index (χ2n) is 4.57. The van der Waals surface area contributed by atoms with Crippen LogP contribution in [0.4, 0.5) is 0 Å². The van der Waals surface area contributed by atoms with Gasteiger partial charge in [-0.3, -0.25) is 10.8 Å². The Labute approximate surface area is 107 Å². The molecule has 18 heavy (non-hydrogen) atoms. The second kappa shape index (κ2) is 5.31. The molecule has 2 rings (SSSR count). The van der Waals surface area contributed by atoms with E-state index >= 15 is 0 Å². The van der Waals surface area contributed by atoms with Gasteiger partial charge < -0.3 is 9.47 Å². The van der Waals surface area contributed by atoms with E-state index in [2.05, 4.69) is 0 Å².